The lowest BCUT2D eigenvalue weighted by molar-refractivity contribution is 0.386. The maximum absolute atomic E-state index is 14.0. The predicted octanol–water partition coefficient (Wildman–Crippen LogP) is 4.16. The fraction of sp³-hybridized carbons (Fsp3) is 0.250. The van der Waals surface area contributed by atoms with Gasteiger partial charge in [-0.25, -0.2) is 8.78 Å². The van der Waals surface area contributed by atoms with Gasteiger partial charge in [-0.05, 0) is 25.1 Å². The fourth-order valence-electron chi connectivity index (χ4n) is 2.07. The Kier molecular flexibility index (Phi) is 4.62. The van der Waals surface area contributed by atoms with Gasteiger partial charge in [-0.15, -0.1) is 0 Å². The third kappa shape index (κ3) is 3.42. The van der Waals surface area contributed by atoms with E-state index in [9.17, 15) is 8.78 Å². The Bertz CT molecular complexity index is 632. The first-order valence-corrected chi connectivity index (χ1v) is 6.48. The first-order chi connectivity index (χ1) is 10.0. The Balaban J connectivity index is 2.17. The molecular weight excluding hydrogens is 276 g/mol. The van der Waals surface area contributed by atoms with E-state index in [1.54, 1.807) is 25.1 Å². The lowest BCUT2D eigenvalue weighted by Crippen LogP contribution is -2.09. The summed E-state index contributed by atoms with van der Waals surface area (Å²) in [6.07, 6.45) is 0. The van der Waals surface area contributed by atoms with Crippen molar-refractivity contribution in [1.29, 1.82) is 0 Å². The average Bonchev–Trinajstić information content (AvgIpc) is 2.47. The molecule has 0 fully saturated rings. The zero-order valence-electron chi connectivity index (χ0n) is 12.1. The van der Waals surface area contributed by atoms with E-state index in [1.807, 2.05) is 0 Å². The molecule has 0 saturated heterocycles. The van der Waals surface area contributed by atoms with E-state index < -0.39 is 5.82 Å². The lowest BCUT2D eigenvalue weighted by atomic mass is 10.1. The first kappa shape index (κ1) is 15.1. The summed E-state index contributed by atoms with van der Waals surface area (Å²) in [5.74, 6) is -0.212. The maximum atomic E-state index is 14.0. The van der Waals surface area contributed by atoms with Gasteiger partial charge in [-0.3, -0.25) is 0 Å². The first-order valence-electron chi connectivity index (χ1n) is 6.48. The molecule has 2 aromatic rings. The van der Waals surface area contributed by atoms with Crippen molar-refractivity contribution in [3.63, 3.8) is 0 Å². The van der Waals surface area contributed by atoms with Crippen LogP contribution in [0, 0.1) is 11.6 Å². The van der Waals surface area contributed by atoms with Crippen LogP contribution in [0.3, 0.4) is 0 Å². The van der Waals surface area contributed by atoms with Crippen LogP contribution in [0.25, 0.3) is 0 Å². The molecule has 112 valence electrons. The lowest BCUT2D eigenvalue weighted by Gasteiger charge is -2.17. The van der Waals surface area contributed by atoms with Crippen molar-refractivity contribution in [3.05, 3.63) is 53.6 Å². The molecule has 0 heterocycles. The van der Waals surface area contributed by atoms with E-state index in [-0.39, 0.29) is 17.6 Å². The minimum Gasteiger partial charge on any atom is -0.497 e. The van der Waals surface area contributed by atoms with Gasteiger partial charge in [-0.1, -0.05) is 6.07 Å². The normalized spacial score (nSPS) is 11.9. The number of halogens is 2. The minimum absolute atomic E-state index is 0.170. The van der Waals surface area contributed by atoms with Crippen LogP contribution in [0.15, 0.2) is 36.4 Å². The van der Waals surface area contributed by atoms with E-state index in [1.165, 1.54) is 32.4 Å². The van der Waals surface area contributed by atoms with Crippen LogP contribution in [-0.4, -0.2) is 14.2 Å². The van der Waals surface area contributed by atoms with Crippen molar-refractivity contribution in [2.24, 2.45) is 0 Å². The summed E-state index contributed by atoms with van der Waals surface area (Å²) < 4.78 is 37.4. The highest BCUT2D eigenvalue weighted by molar-refractivity contribution is 5.49. The van der Waals surface area contributed by atoms with Gasteiger partial charge in [0.15, 0.2) is 11.6 Å². The monoisotopic (exact) mass is 293 g/mol. The Morgan fingerprint density at radius 2 is 1.71 bits per heavy atom. The van der Waals surface area contributed by atoms with Gasteiger partial charge in [0, 0.05) is 23.4 Å². The van der Waals surface area contributed by atoms with Gasteiger partial charge in [0.2, 0.25) is 0 Å². The summed E-state index contributed by atoms with van der Waals surface area (Å²) in [7, 11) is 2.89. The second kappa shape index (κ2) is 6.43. The van der Waals surface area contributed by atoms with E-state index in [2.05, 4.69) is 5.32 Å². The smallest absolute Gasteiger partial charge is 0.167 e. The Morgan fingerprint density at radius 3 is 2.29 bits per heavy atom. The summed E-state index contributed by atoms with van der Waals surface area (Å²) in [4.78, 5) is 0. The number of hydrogen-bond donors (Lipinski definition) is 1. The zero-order chi connectivity index (χ0) is 15.4. The molecule has 0 amide bonds. The van der Waals surface area contributed by atoms with Crippen molar-refractivity contribution < 1.29 is 18.3 Å². The number of rotatable bonds is 5. The van der Waals surface area contributed by atoms with Crippen molar-refractivity contribution >= 4 is 5.69 Å². The topological polar surface area (TPSA) is 30.5 Å². The summed E-state index contributed by atoms with van der Waals surface area (Å²) in [5, 5.41) is 3.05. The molecule has 0 aromatic heterocycles. The van der Waals surface area contributed by atoms with Crippen LogP contribution in [-0.2, 0) is 0 Å². The molecule has 5 heteroatoms. The Morgan fingerprint density at radius 1 is 0.952 bits per heavy atom. The van der Waals surface area contributed by atoms with Crippen LogP contribution in [0.4, 0.5) is 14.5 Å². The highest BCUT2D eigenvalue weighted by Crippen LogP contribution is 2.27. The molecule has 0 aliphatic rings. The summed E-state index contributed by atoms with van der Waals surface area (Å²) in [6, 6.07) is 8.86. The number of anilines is 1. The molecule has 0 bridgehead atoms. The van der Waals surface area contributed by atoms with Crippen molar-refractivity contribution in [1.82, 2.24) is 0 Å². The number of nitrogens with one attached hydrogen (secondary N) is 1. The standard InChI is InChI=1S/C16H17F2NO2/c1-10(13-6-5-12(20-2)9-14(13)17)19-11-4-7-16(21-3)15(18)8-11/h4-10,19H,1-3H3. The van der Waals surface area contributed by atoms with E-state index in [0.29, 0.717) is 17.0 Å². The van der Waals surface area contributed by atoms with Gasteiger partial charge in [-0.2, -0.15) is 0 Å². The van der Waals surface area contributed by atoms with E-state index in [4.69, 9.17) is 9.47 Å². The highest BCUT2D eigenvalue weighted by Gasteiger charge is 2.13. The predicted molar refractivity (Wildman–Crippen MR) is 77.9 cm³/mol. The molecule has 21 heavy (non-hydrogen) atoms. The largest absolute Gasteiger partial charge is 0.497 e. The molecule has 0 aliphatic carbocycles. The molecule has 0 radical (unpaired) electrons. The molecule has 0 spiro atoms. The molecule has 1 atom stereocenters. The van der Waals surface area contributed by atoms with Gasteiger partial charge in [0.05, 0.1) is 20.3 Å². The molecule has 3 nitrogen and oxygen atoms in total. The molecule has 2 aromatic carbocycles. The number of ether oxygens (including phenoxy) is 2. The summed E-state index contributed by atoms with van der Waals surface area (Å²) in [6.45, 7) is 1.80. The molecule has 2 rings (SSSR count). The number of methoxy groups -OCH3 is 2. The van der Waals surface area contributed by atoms with Gasteiger partial charge in [0.25, 0.3) is 0 Å². The molecule has 1 N–H and O–H groups in total. The SMILES string of the molecule is COc1ccc(C(C)Nc2ccc(OC)c(F)c2)c(F)c1. The van der Waals surface area contributed by atoms with Crippen LogP contribution in [0.1, 0.15) is 18.5 Å². The van der Waals surface area contributed by atoms with Crippen molar-refractivity contribution in [3.8, 4) is 11.5 Å². The van der Waals surface area contributed by atoms with Crippen LogP contribution in [0.2, 0.25) is 0 Å². The zero-order valence-corrected chi connectivity index (χ0v) is 12.1. The number of hydrogen-bond acceptors (Lipinski definition) is 3. The third-order valence-corrected chi connectivity index (χ3v) is 3.21. The molecule has 0 saturated carbocycles. The van der Waals surface area contributed by atoms with Crippen LogP contribution in [0.5, 0.6) is 11.5 Å². The van der Waals surface area contributed by atoms with Gasteiger partial charge >= 0.3 is 0 Å². The van der Waals surface area contributed by atoms with Gasteiger partial charge < -0.3 is 14.8 Å². The number of benzene rings is 2. The van der Waals surface area contributed by atoms with E-state index in [0.717, 1.165) is 0 Å². The summed E-state index contributed by atoms with van der Waals surface area (Å²) >= 11 is 0. The molecule has 0 aliphatic heterocycles. The minimum atomic E-state index is -0.468. The highest BCUT2D eigenvalue weighted by atomic mass is 19.1. The maximum Gasteiger partial charge on any atom is 0.167 e. The van der Waals surface area contributed by atoms with Crippen LogP contribution >= 0.6 is 0 Å². The third-order valence-electron chi connectivity index (χ3n) is 3.21. The van der Waals surface area contributed by atoms with Gasteiger partial charge in [0.1, 0.15) is 11.6 Å². The quantitative estimate of drug-likeness (QED) is 0.898. The second-order valence-corrected chi connectivity index (χ2v) is 4.60. The van der Waals surface area contributed by atoms with Crippen molar-refractivity contribution in [2.45, 2.75) is 13.0 Å². The van der Waals surface area contributed by atoms with Crippen LogP contribution < -0.4 is 14.8 Å². The Hall–Kier alpha value is -2.30. The molecule has 1 unspecified atom stereocenters. The molecular formula is C16H17F2NO2. The second-order valence-electron chi connectivity index (χ2n) is 4.60. The average molecular weight is 293 g/mol. The Labute approximate surface area is 122 Å². The fourth-order valence-corrected chi connectivity index (χ4v) is 2.07. The van der Waals surface area contributed by atoms with Crippen molar-refractivity contribution in [2.75, 3.05) is 19.5 Å². The summed E-state index contributed by atoms with van der Waals surface area (Å²) in [5.41, 5.74) is 1.03. The van der Waals surface area contributed by atoms with E-state index >= 15 is 0 Å².